The summed E-state index contributed by atoms with van der Waals surface area (Å²) in [5.41, 5.74) is 5.45. The lowest BCUT2D eigenvalue weighted by molar-refractivity contribution is -0.178. The van der Waals surface area contributed by atoms with Crippen molar-refractivity contribution in [1.29, 1.82) is 0 Å². The molecular formula is C52H64N2O6. The van der Waals surface area contributed by atoms with E-state index in [1.807, 2.05) is 24.4 Å². The minimum Gasteiger partial charge on any atom is -0.466 e. The smallest absolute Gasteiger partial charge is 0.335 e. The summed E-state index contributed by atoms with van der Waals surface area (Å²) in [5.74, 6) is -3.24. The summed E-state index contributed by atoms with van der Waals surface area (Å²) in [6.45, 7) is 14.1. The number of carbonyl (C=O) groups is 3. The Bertz CT molecular complexity index is 2120. The number of ether oxygens (including phenoxy) is 3. The van der Waals surface area contributed by atoms with E-state index in [0.717, 1.165) is 43.3 Å². The van der Waals surface area contributed by atoms with E-state index >= 15 is 9.59 Å². The van der Waals surface area contributed by atoms with Crippen LogP contribution in [0.5, 0.6) is 0 Å². The van der Waals surface area contributed by atoms with E-state index in [2.05, 4.69) is 118 Å². The molecule has 60 heavy (non-hydrogen) atoms. The molecule has 0 amide bonds. The fourth-order valence-electron chi connectivity index (χ4n) is 11.6. The number of rotatable bonds is 10. The predicted molar refractivity (Wildman–Crippen MR) is 235 cm³/mol. The van der Waals surface area contributed by atoms with Crippen LogP contribution in [-0.4, -0.2) is 53.7 Å². The molecule has 2 saturated carbocycles. The van der Waals surface area contributed by atoms with Gasteiger partial charge in [0.05, 0.1) is 18.7 Å². The zero-order valence-electron chi connectivity index (χ0n) is 36.6. The molecule has 4 aliphatic rings. The molecule has 2 aliphatic heterocycles. The van der Waals surface area contributed by atoms with Gasteiger partial charge in [-0.15, -0.1) is 0 Å². The normalized spacial score (nSPS) is 27.1. The van der Waals surface area contributed by atoms with Crippen molar-refractivity contribution in [3.63, 3.8) is 0 Å². The number of fused-ring (bicyclic) bond motifs is 5. The van der Waals surface area contributed by atoms with Gasteiger partial charge in [0, 0.05) is 47.1 Å². The van der Waals surface area contributed by atoms with Gasteiger partial charge in [0.15, 0.2) is 5.92 Å². The molecule has 3 heterocycles. The number of nitrogens with zero attached hydrogens (tertiary/aromatic N) is 1. The average Bonchev–Trinajstić information content (AvgIpc) is 3.63. The van der Waals surface area contributed by atoms with Crippen molar-refractivity contribution in [2.45, 2.75) is 122 Å². The van der Waals surface area contributed by atoms with Crippen molar-refractivity contribution in [2.24, 2.45) is 35.5 Å². The lowest BCUT2D eigenvalue weighted by Gasteiger charge is -2.46. The molecule has 2 fully saturated rings. The van der Waals surface area contributed by atoms with E-state index in [4.69, 9.17) is 14.2 Å². The Labute approximate surface area is 356 Å². The highest BCUT2D eigenvalue weighted by Crippen LogP contribution is 2.49. The second-order valence-electron chi connectivity index (χ2n) is 19.6. The first kappa shape index (κ1) is 41.9. The summed E-state index contributed by atoms with van der Waals surface area (Å²) in [7, 11) is 1.36. The summed E-state index contributed by atoms with van der Waals surface area (Å²) in [4.78, 5) is 50.5. The van der Waals surface area contributed by atoms with Crippen LogP contribution in [0.1, 0.15) is 115 Å². The Balaban J connectivity index is 1.19. The van der Waals surface area contributed by atoms with Gasteiger partial charge in [-0.2, -0.15) is 0 Å². The van der Waals surface area contributed by atoms with Gasteiger partial charge in [-0.3, -0.25) is 9.59 Å². The molecule has 8 rings (SSSR count). The molecule has 1 aromatic heterocycles. The van der Waals surface area contributed by atoms with Crippen molar-refractivity contribution < 1.29 is 28.6 Å². The molecule has 2 aliphatic carbocycles. The van der Waals surface area contributed by atoms with Gasteiger partial charge in [0.2, 0.25) is 0 Å². The van der Waals surface area contributed by atoms with Crippen LogP contribution in [0, 0.1) is 35.5 Å². The Morgan fingerprint density at radius 3 is 1.75 bits per heavy atom. The lowest BCUT2D eigenvalue weighted by Crippen LogP contribution is -2.49. The zero-order chi connectivity index (χ0) is 42.3. The van der Waals surface area contributed by atoms with Gasteiger partial charge >= 0.3 is 17.9 Å². The average molecular weight is 813 g/mol. The van der Waals surface area contributed by atoms with Crippen LogP contribution in [0.2, 0.25) is 0 Å². The first-order valence-electron chi connectivity index (χ1n) is 22.4. The summed E-state index contributed by atoms with van der Waals surface area (Å²) >= 11 is 0. The highest BCUT2D eigenvalue weighted by atomic mass is 16.6. The molecule has 318 valence electrons. The maximum Gasteiger partial charge on any atom is 0.335 e. The summed E-state index contributed by atoms with van der Waals surface area (Å²) in [6.07, 6.45) is 7.38. The molecule has 0 unspecified atom stereocenters. The van der Waals surface area contributed by atoms with E-state index in [0.29, 0.717) is 43.2 Å². The minimum absolute atomic E-state index is 0.0247. The molecule has 1 N–H and O–H groups in total. The zero-order valence-corrected chi connectivity index (χ0v) is 36.6. The standard InChI is InChI=1S/C52H64N2O6/c1-32-22-24-40(51(3,4)34-16-10-8-11-17-34)44(28-32)59-49(56)46(50(57)60-45-29-33(2)23-25-41(45)52(5,6)35-18-12-9-13-19-35)38-30-43-47-37(36-20-14-15-21-42(36)53-47)26-27-54(43)31-39(38)48(55)58-7/h8-21,31-33,38,40-41,43-46,53H,22-30H2,1-7H3/t32-,33-,38-,40-,41-,43+,44-,45-/m1/s1. The van der Waals surface area contributed by atoms with Gasteiger partial charge in [-0.25, -0.2) is 4.79 Å². The number of hydrogen-bond acceptors (Lipinski definition) is 7. The summed E-state index contributed by atoms with van der Waals surface area (Å²) < 4.78 is 19.0. The number of H-pyrrole nitrogens is 1. The highest BCUT2D eigenvalue weighted by molar-refractivity contribution is 5.99. The molecular weight excluding hydrogens is 749 g/mol. The number of carbonyl (C=O) groups excluding carboxylic acids is 3. The monoisotopic (exact) mass is 812 g/mol. The molecule has 8 heteroatoms. The Morgan fingerprint density at radius 2 is 1.22 bits per heavy atom. The number of para-hydroxylation sites is 1. The van der Waals surface area contributed by atoms with Gasteiger partial charge in [0.25, 0.3) is 0 Å². The van der Waals surface area contributed by atoms with Gasteiger partial charge in [-0.05, 0) is 83.9 Å². The van der Waals surface area contributed by atoms with Crippen molar-refractivity contribution in [3.8, 4) is 0 Å². The molecule has 0 radical (unpaired) electrons. The van der Waals surface area contributed by atoms with E-state index in [1.54, 1.807) is 0 Å². The maximum absolute atomic E-state index is 15.4. The molecule has 8 atom stereocenters. The van der Waals surface area contributed by atoms with E-state index in [-0.39, 0.29) is 28.7 Å². The van der Waals surface area contributed by atoms with Crippen molar-refractivity contribution >= 4 is 28.8 Å². The van der Waals surface area contributed by atoms with Crippen LogP contribution in [0.3, 0.4) is 0 Å². The Kier molecular flexibility index (Phi) is 11.8. The van der Waals surface area contributed by atoms with Crippen molar-refractivity contribution in [2.75, 3.05) is 13.7 Å². The first-order chi connectivity index (χ1) is 28.8. The number of esters is 3. The topological polar surface area (TPSA) is 97.9 Å². The molecule has 0 saturated heterocycles. The van der Waals surface area contributed by atoms with Gasteiger partial charge in [-0.1, -0.05) is 133 Å². The first-order valence-corrected chi connectivity index (χ1v) is 22.4. The van der Waals surface area contributed by atoms with Crippen molar-refractivity contribution in [1.82, 2.24) is 9.88 Å². The second-order valence-corrected chi connectivity index (χ2v) is 19.6. The maximum atomic E-state index is 15.4. The van der Waals surface area contributed by atoms with Gasteiger partial charge < -0.3 is 24.1 Å². The third kappa shape index (κ3) is 7.91. The van der Waals surface area contributed by atoms with Crippen LogP contribution < -0.4 is 0 Å². The minimum atomic E-state index is -1.37. The predicted octanol–water partition coefficient (Wildman–Crippen LogP) is 10.4. The third-order valence-electron chi connectivity index (χ3n) is 15.2. The van der Waals surface area contributed by atoms with Crippen LogP contribution >= 0.6 is 0 Å². The SMILES string of the molecule is COC(=O)C1=CN2CCc3c([nH]c4ccccc34)[C@@H]2C[C@H]1C(C(=O)O[C@@H]1C[C@H](C)CC[C@H]1C(C)(C)c1ccccc1)C(=O)O[C@@H]1C[C@H](C)CC[C@H]1C(C)(C)c1ccccc1. The van der Waals surface area contributed by atoms with E-state index < -0.39 is 42.0 Å². The van der Waals surface area contributed by atoms with Gasteiger partial charge in [0.1, 0.15) is 12.2 Å². The number of aromatic amines is 1. The molecule has 4 aromatic rings. The van der Waals surface area contributed by atoms with Crippen LogP contribution in [0.15, 0.2) is 96.7 Å². The van der Waals surface area contributed by atoms with Crippen molar-refractivity contribution in [3.05, 3.63) is 119 Å². The fourth-order valence-corrected chi connectivity index (χ4v) is 11.6. The largest absolute Gasteiger partial charge is 0.466 e. The molecule has 0 spiro atoms. The molecule has 3 aromatic carbocycles. The van der Waals surface area contributed by atoms with Crippen LogP contribution in [0.4, 0.5) is 0 Å². The van der Waals surface area contributed by atoms with E-state index in [1.165, 1.54) is 29.2 Å². The number of hydrogen-bond donors (Lipinski definition) is 1. The van der Waals surface area contributed by atoms with Crippen LogP contribution in [-0.2, 0) is 45.8 Å². The Morgan fingerprint density at radius 1 is 0.700 bits per heavy atom. The highest BCUT2D eigenvalue weighted by Gasteiger charge is 2.51. The number of nitrogens with one attached hydrogen (secondary N) is 1. The molecule has 8 nitrogen and oxygen atoms in total. The quantitative estimate of drug-likeness (QED) is 0.0967. The number of benzene rings is 3. The molecule has 0 bridgehead atoms. The fraction of sp³-hybridized carbons (Fsp3) is 0.519. The lowest BCUT2D eigenvalue weighted by atomic mass is 9.64. The third-order valence-corrected chi connectivity index (χ3v) is 15.2. The van der Waals surface area contributed by atoms with E-state index in [9.17, 15) is 4.79 Å². The Hall–Kier alpha value is -4.85. The second kappa shape index (κ2) is 16.9. The number of aromatic nitrogens is 1. The summed E-state index contributed by atoms with van der Waals surface area (Å²) in [5, 5.41) is 1.18. The van der Waals surface area contributed by atoms with Crippen LogP contribution in [0.25, 0.3) is 10.9 Å². The number of methoxy groups -OCH3 is 1. The summed E-state index contributed by atoms with van der Waals surface area (Å²) in [6, 6.07) is 29.0.